The van der Waals surface area contributed by atoms with Gasteiger partial charge in [0.2, 0.25) is 0 Å². The highest BCUT2D eigenvalue weighted by Crippen LogP contribution is 1.82. The number of aliphatic hydroxyl groups excluding tert-OH is 1. The van der Waals surface area contributed by atoms with Crippen LogP contribution in [0.25, 0.3) is 0 Å². The molecule has 0 radical (unpaired) electrons. The van der Waals surface area contributed by atoms with Crippen molar-refractivity contribution >= 4 is 0 Å². The lowest BCUT2D eigenvalue weighted by Gasteiger charge is -2.03. The lowest BCUT2D eigenvalue weighted by Crippen LogP contribution is -2.16. The molecule has 0 aliphatic rings. The van der Waals surface area contributed by atoms with E-state index in [-0.39, 0.29) is 13.2 Å². The van der Waals surface area contributed by atoms with E-state index in [0.717, 1.165) is 0 Å². The van der Waals surface area contributed by atoms with Crippen LogP contribution in [0.15, 0.2) is 0 Å². The van der Waals surface area contributed by atoms with Crippen molar-refractivity contribution in [2.75, 3.05) is 19.7 Å². The minimum atomic E-state index is -0.107. The Morgan fingerprint density at radius 3 is 2.43 bits per heavy atom. The van der Waals surface area contributed by atoms with Gasteiger partial charge in [-0.2, -0.15) is 0 Å². The summed E-state index contributed by atoms with van der Waals surface area (Å²) in [4.78, 5) is 0. The van der Waals surface area contributed by atoms with Crippen molar-refractivity contribution in [3.05, 3.63) is 0 Å². The Bertz CT molecular complexity index is 42.7. The first-order chi connectivity index (χ1) is 3.31. The van der Waals surface area contributed by atoms with Gasteiger partial charge in [-0.3, -0.25) is 0 Å². The molecule has 0 atom stereocenters. The quantitative estimate of drug-likeness (QED) is 0.520. The van der Waals surface area contributed by atoms with Crippen LogP contribution in [0.1, 0.15) is 6.92 Å². The molecule has 0 spiro atoms. The molecule has 0 aromatic carbocycles. The normalized spacial score (nSPS) is 10.3. The molecule has 0 aromatic heterocycles. The zero-order valence-corrected chi connectivity index (χ0v) is 4.39. The highest BCUT2D eigenvalue weighted by molar-refractivity contribution is 4.34. The monoisotopic (exact) mass is 107 g/mol. The number of likely N-dealkylation sites (N-methyl/N-ethyl adjacent to an activating group) is 1. The Morgan fingerprint density at radius 1 is 1.71 bits per heavy atom. The predicted molar refractivity (Wildman–Crippen MR) is 25.4 cm³/mol. The van der Waals surface area contributed by atoms with E-state index in [1.165, 1.54) is 0 Å². The lowest BCUT2D eigenvalue weighted by molar-refractivity contribution is 0.0153. The third-order valence-electron chi connectivity index (χ3n) is 0.686. The van der Waals surface area contributed by atoms with Crippen LogP contribution < -0.4 is 0 Å². The summed E-state index contributed by atoms with van der Waals surface area (Å²) in [6.45, 7) is 2.05. The Hall–Kier alpha value is -0.150. The molecule has 0 aromatic rings. The van der Waals surface area contributed by atoms with Gasteiger partial charge in [0.15, 0.2) is 0 Å². The Balaban J connectivity index is 2.83. The minimum absolute atomic E-state index is 0.107. The third kappa shape index (κ3) is 3.69. The second-order valence-corrected chi connectivity index (χ2v) is 1.23. The van der Waals surface area contributed by atoms with Gasteiger partial charge in [-0.1, -0.05) is 0 Å². The Labute approximate surface area is 42.5 Å². The summed E-state index contributed by atoms with van der Waals surface area (Å²) in [6, 6.07) is 0. The van der Waals surface area contributed by atoms with E-state index < -0.39 is 0 Å². The molecule has 0 saturated carbocycles. The molecule has 0 saturated heterocycles. The molecule has 0 heterocycles. The molecular formula is C4H10FNO. The third-order valence-corrected chi connectivity index (χ3v) is 0.686. The molecule has 0 rings (SSSR count). The van der Waals surface area contributed by atoms with Gasteiger partial charge in [0.1, 0.15) is 0 Å². The SMILES string of the molecule is CCN(F)CCO. The van der Waals surface area contributed by atoms with Gasteiger partial charge in [0.05, 0.1) is 13.2 Å². The summed E-state index contributed by atoms with van der Waals surface area (Å²) in [6.07, 6.45) is 0. The van der Waals surface area contributed by atoms with Crippen molar-refractivity contribution in [3.63, 3.8) is 0 Å². The summed E-state index contributed by atoms with van der Waals surface area (Å²) in [5, 5.41) is 8.64. The number of hydrogen-bond donors (Lipinski definition) is 1. The summed E-state index contributed by atoms with van der Waals surface area (Å²) >= 11 is 0. The summed E-state index contributed by atoms with van der Waals surface area (Å²) in [5.74, 6) is 0. The van der Waals surface area contributed by atoms with Crippen molar-refractivity contribution in [2.24, 2.45) is 0 Å². The molecule has 3 heteroatoms. The van der Waals surface area contributed by atoms with Gasteiger partial charge in [-0.05, 0) is 6.92 Å². The maximum Gasteiger partial charge on any atom is 0.0584 e. The first-order valence-electron chi connectivity index (χ1n) is 2.32. The van der Waals surface area contributed by atoms with E-state index in [0.29, 0.717) is 11.7 Å². The standard InChI is InChI=1S/C4H10FNO/c1-2-6(5)3-4-7/h7H,2-4H2,1H3. The maximum absolute atomic E-state index is 11.8. The van der Waals surface area contributed by atoms with E-state index in [1.807, 2.05) is 0 Å². The molecule has 0 unspecified atom stereocenters. The van der Waals surface area contributed by atoms with Crippen LogP contribution in [0.3, 0.4) is 0 Å². The zero-order chi connectivity index (χ0) is 5.70. The molecule has 1 N–H and O–H groups in total. The van der Waals surface area contributed by atoms with Gasteiger partial charge < -0.3 is 5.11 Å². The zero-order valence-electron chi connectivity index (χ0n) is 4.39. The highest BCUT2D eigenvalue weighted by atomic mass is 19.2. The van der Waals surface area contributed by atoms with Crippen molar-refractivity contribution in [3.8, 4) is 0 Å². The van der Waals surface area contributed by atoms with Crippen LogP contribution in [-0.2, 0) is 0 Å². The molecular weight excluding hydrogens is 97.0 g/mol. The van der Waals surface area contributed by atoms with Crippen LogP contribution >= 0.6 is 0 Å². The topological polar surface area (TPSA) is 23.5 Å². The number of aliphatic hydroxyl groups is 1. The molecule has 0 amide bonds. The van der Waals surface area contributed by atoms with Crippen molar-refractivity contribution in [2.45, 2.75) is 6.92 Å². The Kier molecular flexibility index (Phi) is 3.93. The van der Waals surface area contributed by atoms with Crippen LogP contribution in [0.4, 0.5) is 4.48 Å². The van der Waals surface area contributed by atoms with Crippen LogP contribution in [0.2, 0.25) is 0 Å². The van der Waals surface area contributed by atoms with E-state index in [4.69, 9.17) is 5.11 Å². The lowest BCUT2D eigenvalue weighted by atomic mass is 10.6. The van der Waals surface area contributed by atoms with Crippen molar-refractivity contribution in [1.29, 1.82) is 0 Å². The van der Waals surface area contributed by atoms with Gasteiger partial charge in [-0.15, -0.1) is 9.60 Å². The van der Waals surface area contributed by atoms with Crippen molar-refractivity contribution in [1.82, 2.24) is 5.12 Å². The van der Waals surface area contributed by atoms with E-state index in [1.54, 1.807) is 6.92 Å². The maximum atomic E-state index is 11.8. The molecule has 7 heavy (non-hydrogen) atoms. The largest absolute Gasteiger partial charge is 0.395 e. The average molecular weight is 107 g/mol. The van der Waals surface area contributed by atoms with Crippen molar-refractivity contribution < 1.29 is 9.59 Å². The van der Waals surface area contributed by atoms with Crippen LogP contribution in [0.5, 0.6) is 0 Å². The second kappa shape index (κ2) is 4.02. The molecule has 0 bridgehead atoms. The summed E-state index contributed by atoms with van der Waals surface area (Å²) < 4.78 is 11.8. The first-order valence-corrected chi connectivity index (χ1v) is 2.32. The van der Waals surface area contributed by atoms with Crippen LogP contribution in [0, 0.1) is 0 Å². The predicted octanol–water partition coefficient (Wildman–Crippen LogP) is 0.185. The van der Waals surface area contributed by atoms with E-state index in [2.05, 4.69) is 0 Å². The van der Waals surface area contributed by atoms with Crippen LogP contribution in [-0.4, -0.2) is 29.9 Å². The Morgan fingerprint density at radius 2 is 2.29 bits per heavy atom. The van der Waals surface area contributed by atoms with Gasteiger partial charge in [-0.25, -0.2) is 0 Å². The summed E-state index contributed by atoms with van der Waals surface area (Å²) in [5.41, 5.74) is 0. The fraction of sp³-hybridized carbons (Fsp3) is 1.00. The molecule has 44 valence electrons. The second-order valence-electron chi connectivity index (χ2n) is 1.23. The smallest absolute Gasteiger partial charge is 0.0584 e. The molecule has 0 aliphatic heterocycles. The van der Waals surface area contributed by atoms with Gasteiger partial charge >= 0.3 is 0 Å². The molecule has 0 fully saturated rings. The minimum Gasteiger partial charge on any atom is -0.395 e. The first kappa shape index (κ1) is 6.85. The summed E-state index contributed by atoms with van der Waals surface area (Å²) in [7, 11) is 0. The highest BCUT2D eigenvalue weighted by Gasteiger charge is 1.92. The number of halogens is 1. The number of rotatable bonds is 3. The van der Waals surface area contributed by atoms with Gasteiger partial charge in [0, 0.05) is 6.54 Å². The number of nitrogens with zero attached hydrogens (tertiary/aromatic N) is 1. The fourth-order valence-electron chi connectivity index (χ4n) is 0.267. The van der Waals surface area contributed by atoms with E-state index in [9.17, 15) is 4.48 Å². The fourth-order valence-corrected chi connectivity index (χ4v) is 0.267. The number of hydrogen-bond acceptors (Lipinski definition) is 2. The average Bonchev–Trinajstić information content (AvgIpc) is 1.68. The van der Waals surface area contributed by atoms with Gasteiger partial charge in [0.25, 0.3) is 0 Å². The molecule has 0 aliphatic carbocycles. The molecule has 2 nitrogen and oxygen atoms in total. The van der Waals surface area contributed by atoms with E-state index >= 15 is 0 Å².